The minimum Gasteiger partial charge on any atom is -0.444 e. The largest absolute Gasteiger partial charge is 0.444 e. The van der Waals surface area contributed by atoms with Crippen LogP contribution in [0.2, 0.25) is 0 Å². The van der Waals surface area contributed by atoms with Gasteiger partial charge in [0.15, 0.2) is 0 Å². The molecular formula is C18H27N5O2. The Morgan fingerprint density at radius 3 is 2.40 bits per heavy atom. The van der Waals surface area contributed by atoms with Crippen LogP contribution in [0.3, 0.4) is 0 Å². The van der Waals surface area contributed by atoms with E-state index in [1.807, 2.05) is 27.7 Å². The van der Waals surface area contributed by atoms with Crippen LogP contribution >= 0.6 is 0 Å². The van der Waals surface area contributed by atoms with Gasteiger partial charge in [-0.05, 0) is 40.5 Å². The van der Waals surface area contributed by atoms with E-state index in [9.17, 15) is 4.79 Å². The monoisotopic (exact) mass is 345 g/mol. The van der Waals surface area contributed by atoms with Crippen LogP contribution in [-0.4, -0.2) is 58.5 Å². The standard InChI is InChI=1S/C18H27N5O2/c1-12-14(15(19)13-5-6-13)16(21-11-20-12)22-7-9-23(10-8-22)17(24)25-18(2,3)4/h11,13,19H,5-10H2,1-4H3. The summed E-state index contributed by atoms with van der Waals surface area (Å²) in [5.41, 5.74) is 1.90. The summed E-state index contributed by atoms with van der Waals surface area (Å²) < 4.78 is 5.45. The van der Waals surface area contributed by atoms with Crippen LogP contribution in [0.15, 0.2) is 6.33 Å². The summed E-state index contributed by atoms with van der Waals surface area (Å²) >= 11 is 0. The Labute approximate surface area is 148 Å². The highest BCUT2D eigenvalue weighted by molar-refractivity contribution is 6.06. The molecule has 136 valence electrons. The van der Waals surface area contributed by atoms with Gasteiger partial charge in [0.1, 0.15) is 17.7 Å². The summed E-state index contributed by atoms with van der Waals surface area (Å²) in [5.74, 6) is 1.18. The van der Waals surface area contributed by atoms with E-state index < -0.39 is 5.60 Å². The molecule has 1 aliphatic heterocycles. The van der Waals surface area contributed by atoms with Crippen LogP contribution in [0.5, 0.6) is 0 Å². The first-order valence-corrected chi connectivity index (χ1v) is 8.89. The number of anilines is 1. The number of aromatic nitrogens is 2. The van der Waals surface area contributed by atoms with E-state index in [0.29, 0.717) is 37.8 Å². The Morgan fingerprint density at radius 1 is 1.20 bits per heavy atom. The molecule has 1 saturated carbocycles. The molecule has 0 bridgehead atoms. The third kappa shape index (κ3) is 4.08. The van der Waals surface area contributed by atoms with Gasteiger partial charge in [0, 0.05) is 37.8 Å². The van der Waals surface area contributed by atoms with E-state index >= 15 is 0 Å². The van der Waals surface area contributed by atoms with Crippen LogP contribution in [0.4, 0.5) is 10.6 Å². The second kappa shape index (κ2) is 6.61. The molecule has 2 heterocycles. The van der Waals surface area contributed by atoms with Crippen molar-refractivity contribution in [1.82, 2.24) is 14.9 Å². The lowest BCUT2D eigenvalue weighted by Crippen LogP contribution is -2.50. The molecule has 1 saturated heterocycles. The SMILES string of the molecule is Cc1ncnc(N2CCN(C(=O)OC(C)(C)C)CC2)c1C(=N)C1CC1. The Morgan fingerprint density at radius 2 is 1.84 bits per heavy atom. The highest BCUT2D eigenvalue weighted by atomic mass is 16.6. The second-order valence-electron chi connectivity index (χ2n) is 7.80. The summed E-state index contributed by atoms with van der Waals surface area (Å²) in [6.07, 6.45) is 3.46. The summed E-state index contributed by atoms with van der Waals surface area (Å²) in [6.45, 7) is 10.1. The smallest absolute Gasteiger partial charge is 0.410 e. The Bertz CT molecular complexity index is 671. The number of carbonyl (C=O) groups excluding carboxylic acids is 1. The van der Waals surface area contributed by atoms with Crippen molar-refractivity contribution in [3.05, 3.63) is 17.6 Å². The van der Waals surface area contributed by atoms with Crippen LogP contribution < -0.4 is 4.90 Å². The number of aryl methyl sites for hydroxylation is 1. The van der Waals surface area contributed by atoms with E-state index in [-0.39, 0.29) is 6.09 Å². The minimum absolute atomic E-state index is 0.267. The van der Waals surface area contributed by atoms with Crippen molar-refractivity contribution in [3.63, 3.8) is 0 Å². The van der Waals surface area contributed by atoms with Gasteiger partial charge in [-0.1, -0.05) is 0 Å². The van der Waals surface area contributed by atoms with E-state index in [0.717, 1.165) is 29.9 Å². The van der Waals surface area contributed by atoms with Gasteiger partial charge < -0.3 is 19.9 Å². The fourth-order valence-electron chi connectivity index (χ4n) is 3.02. The first kappa shape index (κ1) is 17.6. The molecule has 0 spiro atoms. The van der Waals surface area contributed by atoms with Crippen LogP contribution in [0.1, 0.15) is 44.9 Å². The zero-order valence-electron chi connectivity index (χ0n) is 15.5. The van der Waals surface area contributed by atoms with Gasteiger partial charge in [-0.3, -0.25) is 0 Å². The third-order valence-electron chi connectivity index (χ3n) is 4.50. The fourth-order valence-corrected chi connectivity index (χ4v) is 3.02. The van der Waals surface area contributed by atoms with Crippen molar-refractivity contribution in [1.29, 1.82) is 5.41 Å². The van der Waals surface area contributed by atoms with Crippen LogP contribution in [-0.2, 0) is 4.74 Å². The molecule has 0 atom stereocenters. The Balaban J connectivity index is 1.70. The van der Waals surface area contributed by atoms with E-state index in [4.69, 9.17) is 10.1 Å². The molecule has 25 heavy (non-hydrogen) atoms. The van der Waals surface area contributed by atoms with Crippen molar-refractivity contribution in [3.8, 4) is 0 Å². The fraction of sp³-hybridized carbons (Fsp3) is 0.667. The molecule has 2 aliphatic rings. The zero-order valence-corrected chi connectivity index (χ0v) is 15.5. The maximum atomic E-state index is 12.2. The number of carbonyl (C=O) groups is 1. The first-order valence-electron chi connectivity index (χ1n) is 8.89. The predicted molar refractivity (Wildman–Crippen MR) is 96.3 cm³/mol. The molecule has 7 heteroatoms. The molecule has 7 nitrogen and oxygen atoms in total. The first-order chi connectivity index (χ1) is 11.8. The van der Waals surface area contributed by atoms with Crippen molar-refractivity contribution >= 4 is 17.6 Å². The minimum atomic E-state index is -0.482. The van der Waals surface area contributed by atoms with Crippen molar-refractivity contribution in [2.75, 3.05) is 31.1 Å². The van der Waals surface area contributed by atoms with E-state index in [1.165, 1.54) is 0 Å². The molecule has 0 aromatic carbocycles. The second-order valence-corrected chi connectivity index (χ2v) is 7.80. The van der Waals surface area contributed by atoms with Crippen molar-refractivity contribution in [2.45, 2.75) is 46.1 Å². The number of nitrogens with one attached hydrogen (secondary N) is 1. The van der Waals surface area contributed by atoms with Gasteiger partial charge in [-0.25, -0.2) is 14.8 Å². The number of hydrogen-bond acceptors (Lipinski definition) is 6. The predicted octanol–water partition coefficient (Wildman–Crippen LogP) is 2.62. The Kier molecular flexibility index (Phi) is 4.67. The van der Waals surface area contributed by atoms with Gasteiger partial charge in [0.05, 0.1) is 11.3 Å². The quantitative estimate of drug-likeness (QED) is 0.852. The zero-order chi connectivity index (χ0) is 18.2. The summed E-state index contributed by atoms with van der Waals surface area (Å²) in [4.78, 5) is 24.9. The summed E-state index contributed by atoms with van der Waals surface area (Å²) in [7, 11) is 0. The lowest BCUT2D eigenvalue weighted by atomic mass is 10.0. The molecule has 0 radical (unpaired) electrons. The summed E-state index contributed by atoms with van der Waals surface area (Å²) in [5, 5.41) is 8.46. The number of piperazine rings is 1. The number of amides is 1. The average molecular weight is 345 g/mol. The molecule has 1 N–H and O–H groups in total. The molecule has 3 rings (SSSR count). The topological polar surface area (TPSA) is 82.4 Å². The molecule has 1 aromatic heterocycles. The molecule has 2 fully saturated rings. The van der Waals surface area contributed by atoms with Crippen molar-refractivity contribution in [2.24, 2.45) is 5.92 Å². The van der Waals surface area contributed by atoms with E-state index in [1.54, 1.807) is 11.2 Å². The lowest BCUT2D eigenvalue weighted by molar-refractivity contribution is 0.0240. The normalized spacial score (nSPS) is 18.2. The van der Waals surface area contributed by atoms with Crippen LogP contribution in [0, 0.1) is 18.3 Å². The molecule has 0 unspecified atom stereocenters. The number of nitrogens with zero attached hydrogens (tertiary/aromatic N) is 4. The molecular weight excluding hydrogens is 318 g/mol. The molecule has 1 aromatic rings. The summed E-state index contributed by atoms with van der Waals surface area (Å²) in [6, 6.07) is 0. The van der Waals surface area contributed by atoms with Gasteiger partial charge in [0.25, 0.3) is 0 Å². The number of rotatable bonds is 3. The third-order valence-corrected chi connectivity index (χ3v) is 4.50. The van der Waals surface area contributed by atoms with Crippen molar-refractivity contribution < 1.29 is 9.53 Å². The van der Waals surface area contributed by atoms with Crippen LogP contribution in [0.25, 0.3) is 0 Å². The molecule has 1 amide bonds. The van der Waals surface area contributed by atoms with Gasteiger partial charge >= 0.3 is 6.09 Å². The number of ether oxygens (including phenoxy) is 1. The number of hydrogen-bond donors (Lipinski definition) is 1. The Hall–Kier alpha value is -2.18. The average Bonchev–Trinajstić information content (AvgIpc) is 3.37. The van der Waals surface area contributed by atoms with E-state index in [2.05, 4.69) is 14.9 Å². The highest BCUT2D eigenvalue weighted by Gasteiger charge is 2.33. The van der Waals surface area contributed by atoms with Gasteiger partial charge in [-0.15, -0.1) is 0 Å². The highest BCUT2D eigenvalue weighted by Crippen LogP contribution is 2.35. The van der Waals surface area contributed by atoms with Gasteiger partial charge in [0.2, 0.25) is 0 Å². The van der Waals surface area contributed by atoms with Gasteiger partial charge in [-0.2, -0.15) is 0 Å². The maximum Gasteiger partial charge on any atom is 0.410 e. The molecule has 1 aliphatic carbocycles. The lowest BCUT2D eigenvalue weighted by Gasteiger charge is -2.37. The maximum absolute atomic E-state index is 12.2.